The van der Waals surface area contributed by atoms with Crippen molar-refractivity contribution in [2.75, 3.05) is 25.7 Å². The molecule has 5 heteroatoms. The molecule has 31 heavy (non-hydrogen) atoms. The molecule has 0 aromatic heterocycles. The highest BCUT2D eigenvalue weighted by molar-refractivity contribution is 5.60. The van der Waals surface area contributed by atoms with E-state index in [4.69, 9.17) is 9.47 Å². The van der Waals surface area contributed by atoms with Gasteiger partial charge >= 0.3 is 0 Å². The number of methoxy groups -OCH3 is 2. The summed E-state index contributed by atoms with van der Waals surface area (Å²) in [6.07, 6.45) is 0. The van der Waals surface area contributed by atoms with Gasteiger partial charge in [-0.25, -0.2) is 10.9 Å². The molecule has 3 unspecified atom stereocenters. The number of aryl methyl sites for hydroxylation is 1. The molecule has 2 heterocycles. The van der Waals surface area contributed by atoms with Crippen LogP contribution in [0.15, 0.2) is 66.7 Å². The Morgan fingerprint density at radius 2 is 1.65 bits per heavy atom. The summed E-state index contributed by atoms with van der Waals surface area (Å²) in [4.78, 5) is 2.51. The maximum atomic E-state index is 5.44. The van der Waals surface area contributed by atoms with Gasteiger partial charge in [0.2, 0.25) is 0 Å². The van der Waals surface area contributed by atoms with Crippen molar-refractivity contribution in [1.29, 1.82) is 0 Å². The lowest BCUT2D eigenvalue weighted by Gasteiger charge is -2.39. The molecule has 0 bridgehead atoms. The Labute approximate surface area is 184 Å². The van der Waals surface area contributed by atoms with Gasteiger partial charge in [-0.05, 0) is 53.9 Å². The highest BCUT2D eigenvalue weighted by Crippen LogP contribution is 2.46. The van der Waals surface area contributed by atoms with Crippen LogP contribution in [0.2, 0.25) is 0 Å². The molecular weight excluding hydrogens is 386 g/mol. The number of fused-ring (bicyclic) bond motifs is 3. The van der Waals surface area contributed by atoms with Crippen LogP contribution in [0.5, 0.6) is 11.5 Å². The van der Waals surface area contributed by atoms with Crippen LogP contribution >= 0.6 is 0 Å². The van der Waals surface area contributed by atoms with E-state index in [9.17, 15) is 0 Å². The van der Waals surface area contributed by atoms with E-state index in [-0.39, 0.29) is 12.1 Å². The molecule has 0 radical (unpaired) electrons. The number of hydrogen-bond donors (Lipinski definition) is 2. The lowest BCUT2D eigenvalue weighted by atomic mass is 9.81. The van der Waals surface area contributed by atoms with Crippen molar-refractivity contribution in [2.45, 2.75) is 25.6 Å². The number of rotatable bonds is 5. The molecule has 2 N–H and O–H groups in total. The van der Waals surface area contributed by atoms with E-state index in [1.54, 1.807) is 14.2 Å². The quantitative estimate of drug-likeness (QED) is 0.641. The van der Waals surface area contributed by atoms with Crippen LogP contribution in [0.1, 0.15) is 34.3 Å². The summed E-state index contributed by atoms with van der Waals surface area (Å²) in [6.45, 7) is 3.99. The molecule has 160 valence electrons. The summed E-state index contributed by atoms with van der Waals surface area (Å²) in [5.41, 5.74) is 13.7. The van der Waals surface area contributed by atoms with Crippen LogP contribution in [-0.2, 0) is 6.54 Å². The maximum absolute atomic E-state index is 5.44. The Balaban J connectivity index is 1.49. The zero-order valence-electron chi connectivity index (χ0n) is 18.3. The van der Waals surface area contributed by atoms with Gasteiger partial charge in [0, 0.05) is 24.7 Å². The number of hydrogen-bond acceptors (Lipinski definition) is 5. The summed E-state index contributed by atoms with van der Waals surface area (Å²) in [6, 6.07) is 24.1. The zero-order valence-corrected chi connectivity index (χ0v) is 18.3. The third-order valence-corrected chi connectivity index (χ3v) is 6.52. The molecule has 3 aromatic carbocycles. The van der Waals surface area contributed by atoms with E-state index in [1.165, 1.54) is 27.9 Å². The minimum Gasteiger partial charge on any atom is -0.497 e. The van der Waals surface area contributed by atoms with Gasteiger partial charge in [0.15, 0.2) is 0 Å². The highest BCUT2D eigenvalue weighted by Gasteiger charge is 2.43. The van der Waals surface area contributed by atoms with Crippen molar-refractivity contribution < 1.29 is 9.47 Å². The van der Waals surface area contributed by atoms with Gasteiger partial charge in [0.25, 0.3) is 0 Å². The molecule has 5 nitrogen and oxygen atoms in total. The lowest BCUT2D eigenvalue weighted by molar-refractivity contribution is 0.399. The Morgan fingerprint density at radius 1 is 0.871 bits per heavy atom. The van der Waals surface area contributed by atoms with Crippen molar-refractivity contribution in [3.8, 4) is 11.5 Å². The van der Waals surface area contributed by atoms with Crippen LogP contribution in [0.3, 0.4) is 0 Å². The molecule has 1 fully saturated rings. The lowest BCUT2D eigenvalue weighted by Crippen LogP contribution is -2.39. The molecule has 0 saturated carbocycles. The SMILES string of the molecule is COc1ccc(C2NNC3c4cc(C)ccc4N(Cc4cccc(OC)c4)CC23)cc1. The van der Waals surface area contributed by atoms with E-state index in [0.717, 1.165) is 24.6 Å². The first-order chi connectivity index (χ1) is 15.2. The number of anilines is 1. The number of hydrazine groups is 1. The molecule has 3 aromatic rings. The summed E-state index contributed by atoms with van der Waals surface area (Å²) in [7, 11) is 3.43. The first-order valence-corrected chi connectivity index (χ1v) is 10.8. The Morgan fingerprint density at radius 3 is 2.42 bits per heavy atom. The first kappa shape index (κ1) is 19.9. The number of ether oxygens (including phenoxy) is 2. The van der Waals surface area contributed by atoms with Crippen LogP contribution in [-0.4, -0.2) is 20.8 Å². The van der Waals surface area contributed by atoms with Crippen molar-refractivity contribution >= 4 is 5.69 Å². The number of nitrogens with one attached hydrogen (secondary N) is 2. The molecule has 0 amide bonds. The Kier molecular flexibility index (Phi) is 5.30. The third kappa shape index (κ3) is 3.75. The molecular formula is C26H29N3O2. The standard InChI is InChI=1S/C26H29N3O2/c1-17-7-12-24-22(13-17)26-23(16-29(24)15-18-5-4-6-21(14-18)31-3)25(27-28-26)19-8-10-20(30-2)11-9-19/h4-14,23,25-28H,15-16H2,1-3H3. The summed E-state index contributed by atoms with van der Waals surface area (Å²) >= 11 is 0. The third-order valence-electron chi connectivity index (χ3n) is 6.52. The normalized spacial score (nSPS) is 22.0. The van der Waals surface area contributed by atoms with Crippen molar-refractivity contribution in [1.82, 2.24) is 10.9 Å². The zero-order chi connectivity index (χ0) is 21.4. The average molecular weight is 416 g/mol. The van der Waals surface area contributed by atoms with E-state index in [1.807, 2.05) is 18.2 Å². The fourth-order valence-electron chi connectivity index (χ4n) is 4.95. The predicted octanol–water partition coefficient (Wildman–Crippen LogP) is 4.54. The Hall–Kier alpha value is -3.02. The second-order valence-electron chi connectivity index (χ2n) is 8.48. The van der Waals surface area contributed by atoms with E-state index >= 15 is 0 Å². The van der Waals surface area contributed by atoms with Gasteiger partial charge in [-0.3, -0.25) is 0 Å². The highest BCUT2D eigenvalue weighted by atomic mass is 16.5. The molecule has 0 spiro atoms. The van der Waals surface area contributed by atoms with Crippen molar-refractivity contribution in [3.63, 3.8) is 0 Å². The average Bonchev–Trinajstić information content (AvgIpc) is 3.23. The summed E-state index contributed by atoms with van der Waals surface area (Å²) < 4.78 is 10.8. The van der Waals surface area contributed by atoms with Crippen LogP contribution in [0.4, 0.5) is 5.69 Å². The minimum atomic E-state index is 0.234. The summed E-state index contributed by atoms with van der Waals surface area (Å²) in [5, 5.41) is 0. The van der Waals surface area contributed by atoms with Crippen LogP contribution < -0.4 is 25.2 Å². The van der Waals surface area contributed by atoms with Crippen LogP contribution in [0.25, 0.3) is 0 Å². The van der Waals surface area contributed by atoms with Gasteiger partial charge in [0.1, 0.15) is 11.5 Å². The number of nitrogens with zero attached hydrogens (tertiary/aromatic N) is 1. The molecule has 1 saturated heterocycles. The fraction of sp³-hybridized carbons (Fsp3) is 0.308. The molecule has 0 aliphatic carbocycles. The van der Waals surface area contributed by atoms with Gasteiger partial charge in [-0.2, -0.15) is 0 Å². The topological polar surface area (TPSA) is 45.8 Å². The second-order valence-corrected chi connectivity index (χ2v) is 8.48. The largest absolute Gasteiger partial charge is 0.497 e. The summed E-state index contributed by atoms with van der Waals surface area (Å²) in [5.74, 6) is 2.20. The van der Waals surface area contributed by atoms with E-state index in [0.29, 0.717) is 5.92 Å². The minimum absolute atomic E-state index is 0.234. The van der Waals surface area contributed by atoms with Crippen molar-refractivity contribution in [3.05, 3.63) is 89.0 Å². The molecule has 2 aliphatic rings. The van der Waals surface area contributed by atoms with Gasteiger partial charge < -0.3 is 14.4 Å². The molecule has 3 atom stereocenters. The smallest absolute Gasteiger partial charge is 0.119 e. The van der Waals surface area contributed by atoms with E-state index in [2.05, 4.69) is 71.2 Å². The molecule has 5 rings (SSSR count). The van der Waals surface area contributed by atoms with Gasteiger partial charge in [-0.1, -0.05) is 42.0 Å². The van der Waals surface area contributed by atoms with Crippen molar-refractivity contribution in [2.24, 2.45) is 5.92 Å². The monoisotopic (exact) mass is 415 g/mol. The Bertz CT molecular complexity index is 1070. The maximum Gasteiger partial charge on any atom is 0.119 e. The van der Waals surface area contributed by atoms with Gasteiger partial charge in [-0.15, -0.1) is 0 Å². The fourth-order valence-corrected chi connectivity index (χ4v) is 4.95. The first-order valence-electron chi connectivity index (χ1n) is 10.8. The predicted molar refractivity (Wildman–Crippen MR) is 123 cm³/mol. The second kappa shape index (κ2) is 8.25. The number of benzene rings is 3. The van der Waals surface area contributed by atoms with Gasteiger partial charge in [0.05, 0.1) is 26.3 Å². The van der Waals surface area contributed by atoms with Crippen LogP contribution in [0, 0.1) is 12.8 Å². The molecule has 2 aliphatic heterocycles. The van der Waals surface area contributed by atoms with E-state index < -0.39 is 0 Å².